The highest BCUT2D eigenvalue weighted by Crippen LogP contribution is 2.40. The predicted octanol–water partition coefficient (Wildman–Crippen LogP) is 5.99. The average molecular weight is 488 g/mol. The van der Waals surface area contributed by atoms with Crippen LogP contribution in [0.15, 0.2) is 53.0 Å². The van der Waals surface area contributed by atoms with Crippen LogP contribution >= 0.6 is 27.3 Å². The van der Waals surface area contributed by atoms with E-state index in [1.165, 1.54) is 11.3 Å². The minimum Gasteiger partial charge on any atom is -0.483 e. The number of ether oxygens (including phenoxy) is 2. The number of anilines is 1. The van der Waals surface area contributed by atoms with Crippen LogP contribution in [0, 0.1) is 13.8 Å². The maximum absolute atomic E-state index is 12.7. The molecule has 2 aromatic carbocycles. The number of amides is 1. The van der Waals surface area contributed by atoms with Gasteiger partial charge in [-0.05, 0) is 60.0 Å². The number of benzene rings is 2. The fourth-order valence-electron chi connectivity index (χ4n) is 3.01. The van der Waals surface area contributed by atoms with Crippen molar-refractivity contribution in [3.05, 3.63) is 69.0 Å². The minimum absolute atomic E-state index is 0.179. The highest BCUT2D eigenvalue weighted by Gasteiger charge is 2.25. The topological polar surface area (TPSA) is 64.6 Å². The van der Waals surface area contributed by atoms with Gasteiger partial charge < -0.3 is 14.8 Å². The van der Waals surface area contributed by atoms with E-state index in [4.69, 9.17) is 9.47 Å². The summed E-state index contributed by atoms with van der Waals surface area (Å²) in [6.45, 7) is 5.72. The number of aryl methyl sites for hydroxylation is 2. The summed E-state index contributed by atoms with van der Waals surface area (Å²) in [6.07, 6.45) is 0. The lowest BCUT2D eigenvalue weighted by molar-refractivity contribution is -0.118. The molecule has 0 bridgehead atoms. The highest BCUT2D eigenvalue weighted by molar-refractivity contribution is 9.10. The SMILES string of the molecule is CCOC(=O)c1c(NC(=O)COc2ccc(C)cc2Br)sc(C)c1-c1ccccc1. The molecule has 5 nitrogen and oxygen atoms in total. The third-order valence-corrected chi connectivity index (χ3v) is 5.97. The maximum Gasteiger partial charge on any atom is 0.341 e. The molecule has 1 aromatic heterocycles. The summed E-state index contributed by atoms with van der Waals surface area (Å²) in [5.74, 6) is -0.235. The van der Waals surface area contributed by atoms with Crippen molar-refractivity contribution < 1.29 is 19.1 Å². The fraction of sp³-hybridized carbons (Fsp3) is 0.217. The second-order valence-electron chi connectivity index (χ2n) is 6.59. The highest BCUT2D eigenvalue weighted by atomic mass is 79.9. The summed E-state index contributed by atoms with van der Waals surface area (Å²) in [5.41, 5.74) is 3.13. The van der Waals surface area contributed by atoms with Gasteiger partial charge in [-0.15, -0.1) is 11.3 Å². The molecular weight excluding hydrogens is 466 g/mol. The number of rotatable bonds is 7. The van der Waals surface area contributed by atoms with Gasteiger partial charge in [-0.3, -0.25) is 4.79 Å². The molecule has 1 N–H and O–H groups in total. The Hall–Kier alpha value is -2.64. The van der Waals surface area contributed by atoms with Crippen molar-refractivity contribution >= 4 is 44.1 Å². The van der Waals surface area contributed by atoms with E-state index in [-0.39, 0.29) is 19.1 Å². The summed E-state index contributed by atoms with van der Waals surface area (Å²) in [7, 11) is 0. The number of thiophene rings is 1. The van der Waals surface area contributed by atoms with E-state index in [1.807, 2.05) is 56.3 Å². The molecule has 156 valence electrons. The van der Waals surface area contributed by atoms with E-state index in [0.29, 0.717) is 16.3 Å². The quantitative estimate of drug-likeness (QED) is 0.415. The molecule has 3 rings (SSSR count). The van der Waals surface area contributed by atoms with E-state index in [2.05, 4.69) is 21.2 Å². The molecule has 0 unspecified atom stereocenters. The normalized spacial score (nSPS) is 10.5. The third-order valence-electron chi connectivity index (χ3n) is 4.33. The maximum atomic E-state index is 12.7. The molecule has 1 heterocycles. The van der Waals surface area contributed by atoms with Crippen molar-refractivity contribution in [1.29, 1.82) is 0 Å². The van der Waals surface area contributed by atoms with E-state index in [0.717, 1.165) is 26.0 Å². The van der Waals surface area contributed by atoms with Gasteiger partial charge >= 0.3 is 5.97 Å². The Morgan fingerprint density at radius 3 is 2.50 bits per heavy atom. The molecule has 0 saturated heterocycles. The van der Waals surface area contributed by atoms with E-state index in [9.17, 15) is 9.59 Å². The van der Waals surface area contributed by atoms with Gasteiger partial charge in [0, 0.05) is 10.4 Å². The molecule has 7 heteroatoms. The number of carbonyl (C=O) groups is 2. The van der Waals surface area contributed by atoms with Crippen LogP contribution in [0.1, 0.15) is 27.7 Å². The molecule has 0 aliphatic carbocycles. The Morgan fingerprint density at radius 2 is 1.83 bits per heavy atom. The van der Waals surface area contributed by atoms with E-state index >= 15 is 0 Å². The molecule has 3 aromatic rings. The van der Waals surface area contributed by atoms with Crippen LogP contribution in [0.3, 0.4) is 0 Å². The number of halogens is 1. The van der Waals surface area contributed by atoms with Gasteiger partial charge in [-0.25, -0.2) is 4.79 Å². The van der Waals surface area contributed by atoms with Crippen molar-refractivity contribution in [2.45, 2.75) is 20.8 Å². The van der Waals surface area contributed by atoms with E-state index < -0.39 is 5.97 Å². The fourth-order valence-corrected chi connectivity index (χ4v) is 4.70. The molecule has 30 heavy (non-hydrogen) atoms. The van der Waals surface area contributed by atoms with Crippen molar-refractivity contribution in [2.24, 2.45) is 0 Å². The largest absolute Gasteiger partial charge is 0.483 e. The minimum atomic E-state index is -0.460. The predicted molar refractivity (Wildman–Crippen MR) is 123 cm³/mol. The van der Waals surface area contributed by atoms with Gasteiger partial charge in [-0.2, -0.15) is 0 Å². The zero-order chi connectivity index (χ0) is 21.7. The van der Waals surface area contributed by atoms with Crippen LogP contribution in [0.4, 0.5) is 5.00 Å². The second kappa shape index (κ2) is 9.91. The Kier molecular flexibility index (Phi) is 7.29. The van der Waals surface area contributed by atoms with E-state index in [1.54, 1.807) is 13.0 Å². The van der Waals surface area contributed by atoms with Crippen molar-refractivity contribution in [3.63, 3.8) is 0 Å². The smallest absolute Gasteiger partial charge is 0.341 e. The van der Waals surface area contributed by atoms with Gasteiger partial charge in [0.25, 0.3) is 5.91 Å². The number of hydrogen-bond donors (Lipinski definition) is 1. The lowest BCUT2D eigenvalue weighted by Gasteiger charge is -2.11. The summed E-state index contributed by atoms with van der Waals surface area (Å²) in [4.78, 5) is 26.2. The molecule has 0 saturated carbocycles. The van der Waals surface area contributed by atoms with Crippen molar-refractivity contribution in [1.82, 2.24) is 0 Å². The number of hydrogen-bond acceptors (Lipinski definition) is 5. The molecular formula is C23H22BrNO4S. The van der Waals surface area contributed by atoms with Crippen LogP contribution in [-0.2, 0) is 9.53 Å². The van der Waals surface area contributed by atoms with Crippen LogP contribution in [0.25, 0.3) is 11.1 Å². The van der Waals surface area contributed by atoms with Crippen molar-refractivity contribution in [3.8, 4) is 16.9 Å². The number of esters is 1. The lowest BCUT2D eigenvalue weighted by Crippen LogP contribution is -2.21. The first-order valence-corrected chi connectivity index (χ1v) is 11.1. The Bertz CT molecular complexity index is 1060. The average Bonchev–Trinajstić information content (AvgIpc) is 3.03. The second-order valence-corrected chi connectivity index (χ2v) is 8.67. The molecule has 0 atom stereocenters. The van der Waals surface area contributed by atoms with Gasteiger partial charge in [0.2, 0.25) is 0 Å². The van der Waals surface area contributed by atoms with Gasteiger partial charge in [0.15, 0.2) is 6.61 Å². The van der Waals surface area contributed by atoms with Crippen LogP contribution < -0.4 is 10.1 Å². The standard InChI is InChI=1S/C23H22BrNO4S/c1-4-28-23(27)21-20(16-8-6-5-7-9-16)15(3)30-22(21)25-19(26)13-29-18-11-10-14(2)12-17(18)24/h5-12H,4,13H2,1-3H3,(H,25,26). The first-order valence-electron chi connectivity index (χ1n) is 9.45. The van der Waals surface area contributed by atoms with Crippen LogP contribution in [-0.4, -0.2) is 25.1 Å². The molecule has 0 aliphatic heterocycles. The molecule has 0 aliphatic rings. The molecule has 0 radical (unpaired) electrons. The molecule has 0 spiro atoms. The summed E-state index contributed by atoms with van der Waals surface area (Å²) in [5, 5.41) is 3.28. The number of nitrogens with one attached hydrogen (secondary N) is 1. The monoisotopic (exact) mass is 487 g/mol. The van der Waals surface area contributed by atoms with Crippen LogP contribution in [0.2, 0.25) is 0 Å². The van der Waals surface area contributed by atoms with Gasteiger partial charge in [0.05, 0.1) is 11.1 Å². The number of carbonyl (C=O) groups excluding carboxylic acids is 2. The third kappa shape index (κ3) is 5.09. The molecule has 0 fully saturated rings. The summed E-state index contributed by atoms with van der Waals surface area (Å²) >= 11 is 4.78. The first kappa shape index (κ1) is 22.1. The molecule has 1 amide bonds. The zero-order valence-electron chi connectivity index (χ0n) is 17.0. The Labute approximate surface area is 188 Å². The summed E-state index contributed by atoms with van der Waals surface area (Å²) in [6, 6.07) is 15.2. The zero-order valence-corrected chi connectivity index (χ0v) is 19.4. The van der Waals surface area contributed by atoms with Crippen molar-refractivity contribution in [2.75, 3.05) is 18.5 Å². The van der Waals surface area contributed by atoms with Gasteiger partial charge in [0.1, 0.15) is 16.3 Å². The Balaban J connectivity index is 1.84. The Morgan fingerprint density at radius 1 is 1.10 bits per heavy atom. The lowest BCUT2D eigenvalue weighted by atomic mass is 10.0. The van der Waals surface area contributed by atoms with Gasteiger partial charge in [-0.1, -0.05) is 36.4 Å². The summed E-state index contributed by atoms with van der Waals surface area (Å²) < 4.78 is 11.7. The first-order chi connectivity index (χ1) is 14.4. The van der Waals surface area contributed by atoms with Crippen LogP contribution in [0.5, 0.6) is 5.75 Å².